The third-order valence-electron chi connectivity index (χ3n) is 15.9. The lowest BCUT2D eigenvalue weighted by Crippen LogP contribution is -2.46. The molecule has 74 heavy (non-hydrogen) atoms. The number of likely N-dealkylation sites (N-methyl/N-ethyl adjacent to an activating group) is 1. The Morgan fingerprint density at radius 3 is 0.905 bits per heavy atom. The average molecular weight is 1070 g/mol. The first-order chi connectivity index (χ1) is 36.0. The minimum atomic E-state index is -4.32. The van der Waals surface area contributed by atoms with Crippen molar-refractivity contribution in [2.45, 2.75) is 373 Å². The third kappa shape index (κ3) is 59.2. The second kappa shape index (κ2) is 57.2. The predicted octanol–water partition coefficient (Wildman–Crippen LogP) is 20.8. The van der Waals surface area contributed by atoms with Gasteiger partial charge in [0.05, 0.1) is 39.9 Å². The van der Waals surface area contributed by atoms with E-state index in [0.29, 0.717) is 23.9 Å². The summed E-state index contributed by atoms with van der Waals surface area (Å²) in [7, 11) is 1.64. The molecule has 8 nitrogen and oxygen atoms in total. The van der Waals surface area contributed by atoms with E-state index in [1.54, 1.807) is 0 Å². The maximum absolute atomic E-state index is 13.0. The number of nitrogens with zero attached hydrogens (tertiary/aromatic N) is 1. The highest BCUT2D eigenvalue weighted by molar-refractivity contribution is 7.47. The summed E-state index contributed by atoms with van der Waals surface area (Å²) in [4.78, 5) is 23.4. The van der Waals surface area contributed by atoms with Gasteiger partial charge in [0.2, 0.25) is 5.91 Å². The van der Waals surface area contributed by atoms with E-state index in [2.05, 4.69) is 19.2 Å². The lowest BCUT2D eigenvalue weighted by molar-refractivity contribution is -0.870. The second-order valence-electron chi connectivity index (χ2n) is 24.6. The monoisotopic (exact) mass is 1070 g/mol. The molecule has 0 aliphatic heterocycles. The number of aliphatic hydroxyl groups is 1. The van der Waals surface area contributed by atoms with Gasteiger partial charge in [-0.25, -0.2) is 4.57 Å². The number of carbonyl (C=O) groups is 1. The number of hydrogen-bond acceptors (Lipinski definition) is 5. The van der Waals surface area contributed by atoms with Crippen molar-refractivity contribution in [3.63, 3.8) is 0 Å². The van der Waals surface area contributed by atoms with Crippen molar-refractivity contribution in [3.8, 4) is 0 Å². The average Bonchev–Trinajstić information content (AvgIpc) is 3.36. The number of hydrogen-bond donors (Lipinski definition) is 3. The summed E-state index contributed by atoms with van der Waals surface area (Å²) in [6.45, 7) is 4.96. The second-order valence-corrected chi connectivity index (χ2v) is 26.0. The molecular formula is C65H134N2O6P+. The molecule has 0 aromatic heterocycles. The van der Waals surface area contributed by atoms with Crippen molar-refractivity contribution in [3.05, 3.63) is 0 Å². The molecule has 3 unspecified atom stereocenters. The summed E-state index contributed by atoms with van der Waals surface area (Å²) in [6.07, 6.45) is 70.5. The van der Waals surface area contributed by atoms with Gasteiger partial charge in [0.25, 0.3) is 0 Å². The van der Waals surface area contributed by atoms with Gasteiger partial charge >= 0.3 is 7.82 Å². The Labute approximate surface area is 463 Å². The van der Waals surface area contributed by atoms with Gasteiger partial charge in [-0.05, 0) is 12.8 Å². The van der Waals surface area contributed by atoms with Gasteiger partial charge in [-0.15, -0.1) is 0 Å². The fraction of sp³-hybridized carbons (Fsp3) is 0.985. The van der Waals surface area contributed by atoms with E-state index in [1.165, 1.54) is 295 Å². The van der Waals surface area contributed by atoms with Gasteiger partial charge < -0.3 is 19.8 Å². The van der Waals surface area contributed by atoms with E-state index in [-0.39, 0.29) is 19.1 Å². The molecule has 0 heterocycles. The molecule has 0 aliphatic carbocycles. The zero-order valence-corrected chi connectivity index (χ0v) is 51.8. The molecule has 0 saturated carbocycles. The van der Waals surface area contributed by atoms with Crippen molar-refractivity contribution in [2.75, 3.05) is 40.9 Å². The summed E-state index contributed by atoms with van der Waals surface area (Å²) < 4.78 is 23.9. The lowest BCUT2D eigenvalue weighted by atomic mass is 10.0. The Kier molecular flexibility index (Phi) is 56.8. The quantitative estimate of drug-likeness (QED) is 0.0318. The Morgan fingerprint density at radius 1 is 0.405 bits per heavy atom. The van der Waals surface area contributed by atoms with Gasteiger partial charge in [0.15, 0.2) is 0 Å². The van der Waals surface area contributed by atoms with Crippen molar-refractivity contribution < 1.29 is 32.9 Å². The Hall–Kier alpha value is -0.500. The topological polar surface area (TPSA) is 105 Å². The summed E-state index contributed by atoms with van der Waals surface area (Å²) in [5, 5.41) is 14.1. The number of aliphatic hydroxyl groups excluding tert-OH is 1. The van der Waals surface area contributed by atoms with Crippen LogP contribution < -0.4 is 5.32 Å². The number of phosphoric acid groups is 1. The number of amides is 1. The maximum atomic E-state index is 13.0. The standard InChI is InChI=1S/C65H133N2O6P/c1-6-8-10-12-14-16-18-20-22-24-26-28-29-30-31-32-33-34-35-36-37-38-39-41-43-45-47-49-51-53-55-57-59-65(69)66-63(62-73-74(70,71)72-61-60-67(3,4)5)64(68)58-56-54-52-50-48-46-44-42-40-27-25-23-21-19-17-15-13-11-9-7-2/h63-64,68H,6-62H2,1-5H3,(H-,66,69,70,71)/p+1. The number of quaternary nitrogens is 1. The molecule has 0 aliphatic rings. The fourth-order valence-electron chi connectivity index (χ4n) is 10.6. The number of nitrogens with one attached hydrogen (secondary N) is 1. The van der Waals surface area contributed by atoms with Crippen LogP contribution in [0.4, 0.5) is 0 Å². The predicted molar refractivity (Wildman–Crippen MR) is 323 cm³/mol. The van der Waals surface area contributed by atoms with Gasteiger partial charge in [0.1, 0.15) is 13.2 Å². The van der Waals surface area contributed by atoms with Crippen LogP contribution in [0.5, 0.6) is 0 Å². The highest BCUT2D eigenvalue weighted by atomic mass is 31.2. The highest BCUT2D eigenvalue weighted by Crippen LogP contribution is 2.43. The zero-order valence-electron chi connectivity index (χ0n) is 50.9. The zero-order chi connectivity index (χ0) is 54.2. The molecule has 0 spiro atoms. The molecular weight excluding hydrogens is 936 g/mol. The normalized spacial score (nSPS) is 13.7. The first-order valence-electron chi connectivity index (χ1n) is 33.4. The van der Waals surface area contributed by atoms with Crippen LogP contribution in [0.15, 0.2) is 0 Å². The summed E-state index contributed by atoms with van der Waals surface area (Å²) in [6, 6.07) is -0.756. The minimum absolute atomic E-state index is 0.0793. The molecule has 444 valence electrons. The van der Waals surface area contributed by atoms with Crippen LogP contribution >= 0.6 is 7.82 Å². The minimum Gasteiger partial charge on any atom is -0.391 e. The van der Waals surface area contributed by atoms with E-state index in [9.17, 15) is 19.4 Å². The molecule has 0 aromatic carbocycles. The van der Waals surface area contributed by atoms with Crippen LogP contribution in [0, 0.1) is 0 Å². The number of phosphoric ester groups is 1. The first-order valence-corrected chi connectivity index (χ1v) is 34.9. The molecule has 3 N–H and O–H groups in total. The Morgan fingerprint density at radius 2 is 0.649 bits per heavy atom. The number of carbonyl (C=O) groups excluding carboxylic acids is 1. The molecule has 0 saturated heterocycles. The van der Waals surface area contributed by atoms with E-state index < -0.39 is 20.0 Å². The number of rotatable bonds is 63. The molecule has 0 radical (unpaired) electrons. The van der Waals surface area contributed by atoms with Gasteiger partial charge in [-0.2, -0.15) is 0 Å². The third-order valence-corrected chi connectivity index (χ3v) is 16.8. The van der Waals surface area contributed by atoms with E-state index in [4.69, 9.17) is 9.05 Å². The van der Waals surface area contributed by atoms with E-state index >= 15 is 0 Å². The molecule has 3 atom stereocenters. The molecule has 9 heteroatoms. The SMILES string of the molecule is CCCCCCCCCCCCCCCCCCCCCCCCCCCCCCCCCCC(=O)NC(COP(=O)(O)OCC[N+](C)(C)C)C(O)CCCCCCCCCCCCCCCCCCCCCC. The van der Waals surface area contributed by atoms with Gasteiger partial charge in [0, 0.05) is 6.42 Å². The van der Waals surface area contributed by atoms with E-state index in [0.717, 1.165) is 38.5 Å². The van der Waals surface area contributed by atoms with Gasteiger partial charge in [-0.3, -0.25) is 13.8 Å². The Bertz CT molecular complexity index is 1170. The smallest absolute Gasteiger partial charge is 0.391 e. The van der Waals surface area contributed by atoms with Crippen molar-refractivity contribution in [1.29, 1.82) is 0 Å². The molecule has 1 amide bonds. The number of unbranched alkanes of at least 4 members (excludes halogenated alkanes) is 50. The maximum Gasteiger partial charge on any atom is 0.472 e. The summed E-state index contributed by atoms with van der Waals surface area (Å²) >= 11 is 0. The van der Waals surface area contributed by atoms with Crippen LogP contribution in [0.2, 0.25) is 0 Å². The van der Waals surface area contributed by atoms with Crippen LogP contribution in [-0.2, 0) is 18.4 Å². The largest absolute Gasteiger partial charge is 0.472 e. The van der Waals surface area contributed by atoms with Gasteiger partial charge in [-0.1, -0.05) is 341 Å². The molecule has 0 bridgehead atoms. The van der Waals surface area contributed by atoms with Crippen molar-refractivity contribution in [2.24, 2.45) is 0 Å². The van der Waals surface area contributed by atoms with Crippen LogP contribution in [0.3, 0.4) is 0 Å². The summed E-state index contributed by atoms with van der Waals surface area (Å²) in [5.74, 6) is -0.134. The van der Waals surface area contributed by atoms with Crippen LogP contribution in [0.1, 0.15) is 361 Å². The highest BCUT2D eigenvalue weighted by Gasteiger charge is 2.28. The molecule has 0 rings (SSSR count). The molecule has 0 fully saturated rings. The van der Waals surface area contributed by atoms with Crippen molar-refractivity contribution in [1.82, 2.24) is 5.32 Å². The Balaban J connectivity index is 3.97. The lowest BCUT2D eigenvalue weighted by Gasteiger charge is -2.26. The van der Waals surface area contributed by atoms with Crippen LogP contribution in [-0.4, -0.2) is 73.4 Å². The first kappa shape index (κ1) is 73.5. The van der Waals surface area contributed by atoms with Crippen molar-refractivity contribution >= 4 is 13.7 Å². The molecule has 0 aromatic rings. The van der Waals surface area contributed by atoms with Crippen LogP contribution in [0.25, 0.3) is 0 Å². The summed E-state index contributed by atoms with van der Waals surface area (Å²) in [5.41, 5.74) is 0. The fourth-order valence-corrected chi connectivity index (χ4v) is 11.4. The van der Waals surface area contributed by atoms with E-state index in [1.807, 2.05) is 21.1 Å².